The predicted molar refractivity (Wildman–Crippen MR) is 72.8 cm³/mol. The van der Waals surface area contributed by atoms with Gasteiger partial charge in [-0.3, -0.25) is 0 Å². The second kappa shape index (κ2) is 7.68. The van der Waals surface area contributed by atoms with Crippen LogP contribution in [0.3, 0.4) is 0 Å². The highest BCUT2D eigenvalue weighted by Crippen LogP contribution is 2.08. The van der Waals surface area contributed by atoms with Crippen molar-refractivity contribution in [2.45, 2.75) is 20.0 Å². The predicted octanol–water partition coefficient (Wildman–Crippen LogP) is 1.09. The first kappa shape index (κ1) is 14.5. The molecule has 0 bridgehead atoms. The van der Waals surface area contributed by atoms with Crippen molar-refractivity contribution in [2.24, 2.45) is 0 Å². The standard InChI is InChI=1S/C13H21N3O2/c1-10-4-3-5-12(8-10)16-13(18)15-7-6-14-9-11(2)17/h3-5,8,11,14,17H,6-7,9H2,1-2H3,(H2,15,16,18). The molecule has 5 heteroatoms. The van der Waals surface area contributed by atoms with Crippen LogP contribution >= 0.6 is 0 Å². The number of amides is 2. The summed E-state index contributed by atoms with van der Waals surface area (Å²) in [5.41, 5.74) is 1.89. The Hall–Kier alpha value is -1.59. The van der Waals surface area contributed by atoms with Crippen LogP contribution in [0.4, 0.5) is 10.5 Å². The normalized spacial score (nSPS) is 11.9. The lowest BCUT2D eigenvalue weighted by Crippen LogP contribution is -2.36. The van der Waals surface area contributed by atoms with Gasteiger partial charge in [0.25, 0.3) is 0 Å². The molecule has 2 amide bonds. The molecule has 0 aromatic heterocycles. The van der Waals surface area contributed by atoms with E-state index >= 15 is 0 Å². The summed E-state index contributed by atoms with van der Waals surface area (Å²) in [6.07, 6.45) is -0.369. The topological polar surface area (TPSA) is 73.4 Å². The molecule has 1 aromatic rings. The van der Waals surface area contributed by atoms with Gasteiger partial charge in [-0.1, -0.05) is 12.1 Å². The molecule has 100 valence electrons. The van der Waals surface area contributed by atoms with E-state index in [0.29, 0.717) is 19.6 Å². The van der Waals surface area contributed by atoms with Crippen LogP contribution in [0.25, 0.3) is 0 Å². The van der Waals surface area contributed by atoms with Gasteiger partial charge in [-0.25, -0.2) is 4.79 Å². The first-order chi connectivity index (χ1) is 8.58. The maximum absolute atomic E-state index is 11.5. The minimum Gasteiger partial charge on any atom is -0.392 e. The van der Waals surface area contributed by atoms with E-state index in [0.717, 1.165) is 11.3 Å². The van der Waals surface area contributed by atoms with Gasteiger partial charge in [0, 0.05) is 25.3 Å². The van der Waals surface area contributed by atoms with E-state index in [-0.39, 0.29) is 12.1 Å². The monoisotopic (exact) mass is 251 g/mol. The smallest absolute Gasteiger partial charge is 0.319 e. The fraction of sp³-hybridized carbons (Fsp3) is 0.462. The summed E-state index contributed by atoms with van der Waals surface area (Å²) < 4.78 is 0. The molecule has 1 rings (SSSR count). The molecular formula is C13H21N3O2. The lowest BCUT2D eigenvalue weighted by atomic mass is 10.2. The number of carbonyl (C=O) groups is 1. The van der Waals surface area contributed by atoms with Crippen LogP contribution in [-0.4, -0.2) is 36.9 Å². The molecule has 1 unspecified atom stereocenters. The summed E-state index contributed by atoms with van der Waals surface area (Å²) in [6, 6.07) is 7.40. The van der Waals surface area contributed by atoms with Crippen LogP contribution in [0.1, 0.15) is 12.5 Å². The van der Waals surface area contributed by atoms with Crippen molar-refractivity contribution in [1.82, 2.24) is 10.6 Å². The zero-order valence-electron chi connectivity index (χ0n) is 10.9. The SMILES string of the molecule is Cc1cccc(NC(=O)NCCNCC(C)O)c1. The van der Waals surface area contributed by atoms with Crippen molar-refractivity contribution in [3.05, 3.63) is 29.8 Å². The molecule has 0 aliphatic rings. The summed E-state index contributed by atoms with van der Waals surface area (Å²) in [7, 11) is 0. The molecule has 1 atom stereocenters. The molecule has 18 heavy (non-hydrogen) atoms. The number of aliphatic hydroxyl groups is 1. The van der Waals surface area contributed by atoms with Gasteiger partial charge in [-0.15, -0.1) is 0 Å². The van der Waals surface area contributed by atoms with Crippen LogP contribution in [0.15, 0.2) is 24.3 Å². The zero-order valence-corrected chi connectivity index (χ0v) is 10.9. The largest absolute Gasteiger partial charge is 0.392 e. The molecular weight excluding hydrogens is 230 g/mol. The second-order valence-corrected chi connectivity index (χ2v) is 4.30. The van der Waals surface area contributed by atoms with E-state index in [1.54, 1.807) is 6.92 Å². The number of aliphatic hydroxyl groups excluding tert-OH is 1. The maximum atomic E-state index is 11.5. The van der Waals surface area contributed by atoms with E-state index in [1.165, 1.54) is 0 Å². The van der Waals surface area contributed by atoms with Gasteiger partial charge in [0.05, 0.1) is 6.10 Å². The first-order valence-corrected chi connectivity index (χ1v) is 6.08. The van der Waals surface area contributed by atoms with Crippen LogP contribution in [0.5, 0.6) is 0 Å². The van der Waals surface area contributed by atoms with Crippen molar-refractivity contribution < 1.29 is 9.90 Å². The molecule has 0 spiro atoms. The fourth-order valence-corrected chi connectivity index (χ4v) is 1.47. The van der Waals surface area contributed by atoms with Gasteiger partial charge in [-0.2, -0.15) is 0 Å². The van der Waals surface area contributed by atoms with Crippen molar-refractivity contribution in [3.63, 3.8) is 0 Å². The van der Waals surface area contributed by atoms with Gasteiger partial charge in [0.1, 0.15) is 0 Å². The Labute approximate surface area is 108 Å². The number of aryl methyl sites for hydroxylation is 1. The Morgan fingerprint density at radius 2 is 2.17 bits per heavy atom. The Balaban J connectivity index is 2.18. The molecule has 0 radical (unpaired) electrons. The number of benzene rings is 1. The first-order valence-electron chi connectivity index (χ1n) is 6.08. The summed E-state index contributed by atoms with van der Waals surface area (Å²) in [6.45, 7) is 5.37. The number of rotatable bonds is 6. The Kier molecular flexibility index (Phi) is 6.18. The molecule has 0 saturated carbocycles. The minimum atomic E-state index is -0.369. The molecule has 0 heterocycles. The molecule has 0 aliphatic heterocycles. The molecule has 0 aliphatic carbocycles. The highest BCUT2D eigenvalue weighted by Gasteiger charge is 2.00. The lowest BCUT2D eigenvalue weighted by molar-refractivity contribution is 0.191. The van der Waals surface area contributed by atoms with Gasteiger partial charge in [0.2, 0.25) is 0 Å². The number of nitrogens with one attached hydrogen (secondary N) is 3. The van der Waals surface area contributed by atoms with Crippen molar-refractivity contribution >= 4 is 11.7 Å². The third-order valence-electron chi connectivity index (χ3n) is 2.30. The van der Waals surface area contributed by atoms with E-state index in [9.17, 15) is 4.79 Å². The number of carbonyl (C=O) groups excluding carboxylic acids is 1. The number of urea groups is 1. The highest BCUT2D eigenvalue weighted by atomic mass is 16.3. The van der Waals surface area contributed by atoms with Crippen LogP contribution < -0.4 is 16.0 Å². The molecule has 4 N–H and O–H groups in total. The van der Waals surface area contributed by atoms with E-state index in [2.05, 4.69) is 16.0 Å². The average molecular weight is 251 g/mol. The van der Waals surface area contributed by atoms with Crippen LogP contribution in [0, 0.1) is 6.92 Å². The number of hydrogen-bond acceptors (Lipinski definition) is 3. The number of anilines is 1. The van der Waals surface area contributed by atoms with E-state index < -0.39 is 0 Å². The highest BCUT2D eigenvalue weighted by molar-refractivity contribution is 5.89. The maximum Gasteiger partial charge on any atom is 0.319 e. The van der Waals surface area contributed by atoms with E-state index in [1.807, 2.05) is 31.2 Å². The van der Waals surface area contributed by atoms with Crippen LogP contribution in [-0.2, 0) is 0 Å². The minimum absolute atomic E-state index is 0.223. The summed E-state index contributed by atoms with van der Waals surface area (Å²) in [4.78, 5) is 11.5. The summed E-state index contributed by atoms with van der Waals surface area (Å²) in [5.74, 6) is 0. The summed E-state index contributed by atoms with van der Waals surface area (Å²) >= 11 is 0. The Morgan fingerprint density at radius 3 is 2.83 bits per heavy atom. The molecule has 5 nitrogen and oxygen atoms in total. The quantitative estimate of drug-likeness (QED) is 0.572. The van der Waals surface area contributed by atoms with Crippen molar-refractivity contribution in [3.8, 4) is 0 Å². The summed E-state index contributed by atoms with van der Waals surface area (Å²) in [5, 5.41) is 17.5. The third kappa shape index (κ3) is 6.22. The van der Waals surface area contributed by atoms with Gasteiger partial charge >= 0.3 is 6.03 Å². The Morgan fingerprint density at radius 1 is 1.39 bits per heavy atom. The van der Waals surface area contributed by atoms with Gasteiger partial charge in [0.15, 0.2) is 0 Å². The lowest BCUT2D eigenvalue weighted by Gasteiger charge is -2.09. The third-order valence-corrected chi connectivity index (χ3v) is 2.30. The molecule has 0 fully saturated rings. The molecule has 0 saturated heterocycles. The number of hydrogen-bond donors (Lipinski definition) is 4. The van der Waals surface area contributed by atoms with Crippen molar-refractivity contribution in [2.75, 3.05) is 25.0 Å². The van der Waals surface area contributed by atoms with Gasteiger partial charge in [-0.05, 0) is 31.5 Å². The molecule has 1 aromatic carbocycles. The Bertz CT molecular complexity index is 380. The second-order valence-electron chi connectivity index (χ2n) is 4.30. The van der Waals surface area contributed by atoms with Crippen LogP contribution in [0.2, 0.25) is 0 Å². The fourth-order valence-electron chi connectivity index (χ4n) is 1.47. The average Bonchev–Trinajstić information content (AvgIpc) is 2.28. The van der Waals surface area contributed by atoms with Crippen molar-refractivity contribution in [1.29, 1.82) is 0 Å². The van der Waals surface area contributed by atoms with Gasteiger partial charge < -0.3 is 21.1 Å². The van der Waals surface area contributed by atoms with E-state index in [4.69, 9.17) is 5.11 Å². The zero-order chi connectivity index (χ0) is 13.4.